The van der Waals surface area contributed by atoms with E-state index in [4.69, 9.17) is 0 Å². The van der Waals surface area contributed by atoms with E-state index in [0.29, 0.717) is 12.5 Å². The van der Waals surface area contributed by atoms with Crippen molar-refractivity contribution in [3.8, 4) is 0 Å². The summed E-state index contributed by atoms with van der Waals surface area (Å²) in [6, 6.07) is 5.68. The van der Waals surface area contributed by atoms with Crippen LogP contribution in [0.25, 0.3) is 0 Å². The molecule has 0 aliphatic heterocycles. The van der Waals surface area contributed by atoms with Gasteiger partial charge in [-0.15, -0.1) is 0 Å². The number of hydrogen-bond donors (Lipinski definition) is 3. The monoisotopic (exact) mass is 290 g/mol. The van der Waals surface area contributed by atoms with Gasteiger partial charge >= 0.3 is 6.03 Å². The molecule has 0 saturated heterocycles. The highest BCUT2D eigenvalue weighted by Crippen LogP contribution is 2.26. The van der Waals surface area contributed by atoms with Crippen molar-refractivity contribution in [2.75, 3.05) is 11.9 Å². The lowest BCUT2D eigenvalue weighted by molar-refractivity contribution is 0.0863. The maximum Gasteiger partial charge on any atom is 0.319 e. The van der Waals surface area contributed by atoms with Crippen LogP contribution in [-0.2, 0) is 0 Å². The Labute approximate surface area is 126 Å². The third kappa shape index (κ3) is 5.05. The minimum absolute atomic E-state index is 0.255. The van der Waals surface area contributed by atoms with Gasteiger partial charge in [-0.2, -0.15) is 0 Å². The first kappa shape index (κ1) is 15.8. The van der Waals surface area contributed by atoms with E-state index < -0.39 is 6.10 Å². The Morgan fingerprint density at radius 3 is 2.43 bits per heavy atom. The van der Waals surface area contributed by atoms with Gasteiger partial charge in [0.2, 0.25) is 0 Å². The molecule has 1 atom stereocenters. The fourth-order valence-corrected chi connectivity index (χ4v) is 3.11. The van der Waals surface area contributed by atoms with Gasteiger partial charge in [0.15, 0.2) is 0 Å². The highest BCUT2D eigenvalue weighted by atomic mass is 16.3. The van der Waals surface area contributed by atoms with E-state index in [-0.39, 0.29) is 6.03 Å². The van der Waals surface area contributed by atoms with E-state index in [9.17, 15) is 9.90 Å². The van der Waals surface area contributed by atoms with Gasteiger partial charge in [-0.1, -0.05) is 25.3 Å². The zero-order valence-electron chi connectivity index (χ0n) is 13.0. The minimum atomic E-state index is -0.435. The number of benzene rings is 1. The molecule has 4 heteroatoms. The van der Waals surface area contributed by atoms with Crippen molar-refractivity contribution in [3.05, 3.63) is 29.3 Å². The Morgan fingerprint density at radius 2 is 1.81 bits per heavy atom. The number of amides is 2. The van der Waals surface area contributed by atoms with Gasteiger partial charge in [0, 0.05) is 12.2 Å². The summed E-state index contributed by atoms with van der Waals surface area (Å²) in [7, 11) is 0. The molecule has 0 spiro atoms. The average Bonchev–Trinajstić information content (AvgIpc) is 2.44. The summed E-state index contributed by atoms with van der Waals surface area (Å²) in [6.07, 6.45) is 5.36. The van der Waals surface area contributed by atoms with E-state index in [1.54, 1.807) is 0 Å². The molecule has 1 aliphatic rings. The van der Waals surface area contributed by atoms with E-state index in [0.717, 1.165) is 29.7 Å². The summed E-state index contributed by atoms with van der Waals surface area (Å²) in [5, 5.41) is 15.7. The van der Waals surface area contributed by atoms with Crippen LogP contribution in [0.1, 0.15) is 43.2 Å². The lowest BCUT2D eigenvalue weighted by Gasteiger charge is -2.26. The molecule has 1 aromatic carbocycles. The van der Waals surface area contributed by atoms with Gasteiger partial charge in [-0.3, -0.25) is 0 Å². The predicted octanol–water partition coefficient (Wildman–Crippen LogP) is 3.37. The summed E-state index contributed by atoms with van der Waals surface area (Å²) < 4.78 is 0. The van der Waals surface area contributed by atoms with Gasteiger partial charge < -0.3 is 15.7 Å². The van der Waals surface area contributed by atoms with Crippen LogP contribution in [0.2, 0.25) is 0 Å². The summed E-state index contributed by atoms with van der Waals surface area (Å²) in [5.41, 5.74) is 3.03. The van der Waals surface area contributed by atoms with E-state index in [1.165, 1.54) is 19.3 Å². The van der Waals surface area contributed by atoms with Gasteiger partial charge in [0.1, 0.15) is 0 Å². The number of aliphatic hydroxyl groups is 1. The lowest BCUT2D eigenvalue weighted by Crippen LogP contribution is -2.39. The maximum atomic E-state index is 11.9. The number of carbonyl (C=O) groups excluding carboxylic acids is 1. The van der Waals surface area contributed by atoms with E-state index in [1.807, 2.05) is 26.0 Å². The van der Waals surface area contributed by atoms with Crippen molar-refractivity contribution in [2.24, 2.45) is 5.92 Å². The third-order valence-electron chi connectivity index (χ3n) is 4.15. The highest BCUT2D eigenvalue weighted by molar-refractivity contribution is 5.89. The van der Waals surface area contributed by atoms with Crippen LogP contribution in [0.5, 0.6) is 0 Å². The largest absolute Gasteiger partial charge is 0.391 e. The number of aryl methyl sites for hydroxylation is 2. The summed E-state index contributed by atoms with van der Waals surface area (Å²) in [5.74, 6) is 0.334. The summed E-state index contributed by atoms with van der Waals surface area (Å²) >= 11 is 0. The predicted molar refractivity (Wildman–Crippen MR) is 85.5 cm³/mol. The molecule has 116 valence electrons. The van der Waals surface area contributed by atoms with Gasteiger partial charge in [-0.05, 0) is 55.9 Å². The smallest absolute Gasteiger partial charge is 0.319 e. The molecule has 1 aromatic rings. The average molecular weight is 290 g/mol. The number of urea groups is 1. The van der Waals surface area contributed by atoms with Crippen LogP contribution in [-0.4, -0.2) is 23.8 Å². The Bertz CT molecular complexity index is 461. The summed E-state index contributed by atoms with van der Waals surface area (Å²) in [6.45, 7) is 4.33. The number of anilines is 1. The first-order chi connectivity index (χ1) is 10.0. The number of hydrogen-bond acceptors (Lipinski definition) is 2. The second kappa shape index (κ2) is 7.46. The van der Waals surface area contributed by atoms with E-state index >= 15 is 0 Å². The molecule has 0 radical (unpaired) electrons. The van der Waals surface area contributed by atoms with Gasteiger partial charge in [0.25, 0.3) is 0 Å². The van der Waals surface area contributed by atoms with Crippen molar-refractivity contribution in [2.45, 2.75) is 52.1 Å². The molecule has 0 aromatic heterocycles. The lowest BCUT2D eigenvalue weighted by atomic mass is 9.85. The molecule has 1 unspecified atom stereocenters. The fourth-order valence-electron chi connectivity index (χ4n) is 3.11. The molecule has 1 aliphatic carbocycles. The SMILES string of the molecule is Cc1cc(C)cc(NC(=O)NCC(O)C2CCCCC2)c1. The van der Waals surface area contributed by atoms with Crippen LogP contribution in [0.4, 0.5) is 10.5 Å². The minimum Gasteiger partial charge on any atom is -0.391 e. The summed E-state index contributed by atoms with van der Waals surface area (Å²) in [4.78, 5) is 11.9. The Hall–Kier alpha value is -1.55. The maximum absolute atomic E-state index is 11.9. The number of carbonyl (C=O) groups is 1. The van der Waals surface area contributed by atoms with Crippen LogP contribution in [0.15, 0.2) is 18.2 Å². The second-order valence-electron chi connectivity index (χ2n) is 6.18. The van der Waals surface area contributed by atoms with Gasteiger partial charge in [0.05, 0.1) is 6.10 Å². The first-order valence-corrected chi connectivity index (χ1v) is 7.86. The molecule has 1 saturated carbocycles. The number of rotatable bonds is 4. The van der Waals surface area contributed by atoms with Crippen molar-refractivity contribution >= 4 is 11.7 Å². The van der Waals surface area contributed by atoms with Crippen LogP contribution in [0.3, 0.4) is 0 Å². The van der Waals surface area contributed by atoms with Crippen LogP contribution >= 0.6 is 0 Å². The van der Waals surface area contributed by atoms with Crippen LogP contribution in [0, 0.1) is 19.8 Å². The van der Waals surface area contributed by atoms with Crippen molar-refractivity contribution < 1.29 is 9.90 Å². The zero-order chi connectivity index (χ0) is 15.2. The molecule has 2 rings (SSSR count). The second-order valence-corrected chi connectivity index (χ2v) is 6.18. The highest BCUT2D eigenvalue weighted by Gasteiger charge is 2.21. The standard InChI is InChI=1S/C17H26N2O2/c1-12-8-13(2)10-15(9-12)19-17(21)18-11-16(20)14-6-4-3-5-7-14/h8-10,14,16,20H,3-7,11H2,1-2H3,(H2,18,19,21). The van der Waals surface area contributed by atoms with Crippen molar-refractivity contribution in [1.29, 1.82) is 0 Å². The molecule has 21 heavy (non-hydrogen) atoms. The molecule has 4 nitrogen and oxygen atoms in total. The van der Waals surface area contributed by atoms with Crippen molar-refractivity contribution in [3.63, 3.8) is 0 Å². The first-order valence-electron chi connectivity index (χ1n) is 7.86. The molecule has 3 N–H and O–H groups in total. The zero-order valence-corrected chi connectivity index (χ0v) is 13.0. The molecule has 0 bridgehead atoms. The third-order valence-corrected chi connectivity index (χ3v) is 4.15. The Morgan fingerprint density at radius 1 is 1.19 bits per heavy atom. The molecular weight excluding hydrogens is 264 g/mol. The Balaban J connectivity index is 1.78. The fraction of sp³-hybridized carbons (Fsp3) is 0.588. The van der Waals surface area contributed by atoms with Gasteiger partial charge in [-0.25, -0.2) is 4.79 Å². The molecule has 0 heterocycles. The van der Waals surface area contributed by atoms with Crippen molar-refractivity contribution in [1.82, 2.24) is 5.32 Å². The molecular formula is C17H26N2O2. The quantitative estimate of drug-likeness (QED) is 0.796. The topological polar surface area (TPSA) is 61.4 Å². The van der Waals surface area contributed by atoms with Crippen LogP contribution < -0.4 is 10.6 Å². The molecule has 1 fully saturated rings. The molecule has 2 amide bonds. The van der Waals surface area contributed by atoms with E-state index in [2.05, 4.69) is 16.7 Å². The number of aliphatic hydroxyl groups excluding tert-OH is 1. The number of nitrogens with one attached hydrogen (secondary N) is 2. The normalized spacial score (nSPS) is 17.3. The Kier molecular flexibility index (Phi) is 5.62.